The average molecular weight is 300 g/mol. The summed E-state index contributed by atoms with van der Waals surface area (Å²) in [5, 5.41) is 6.36. The predicted octanol–water partition coefficient (Wildman–Crippen LogP) is 3.17. The maximum atomic E-state index is 6.17. The highest BCUT2D eigenvalue weighted by Crippen LogP contribution is 2.27. The Morgan fingerprint density at radius 2 is 2.38 bits per heavy atom. The number of thiophene rings is 1. The molecule has 0 radical (unpaired) electrons. The van der Waals surface area contributed by atoms with Crippen molar-refractivity contribution in [3.63, 3.8) is 0 Å². The van der Waals surface area contributed by atoms with Crippen molar-refractivity contribution in [2.75, 3.05) is 0 Å². The van der Waals surface area contributed by atoms with Gasteiger partial charge in [-0.3, -0.25) is 4.68 Å². The van der Waals surface area contributed by atoms with E-state index in [1.807, 2.05) is 17.1 Å². The smallest absolute Gasteiger partial charge is 0.0701 e. The van der Waals surface area contributed by atoms with Crippen LogP contribution in [0, 0.1) is 0 Å². The first-order valence-corrected chi connectivity index (χ1v) is 6.90. The van der Waals surface area contributed by atoms with Gasteiger partial charge in [-0.1, -0.05) is 6.92 Å². The van der Waals surface area contributed by atoms with Crippen molar-refractivity contribution in [2.24, 2.45) is 5.73 Å². The third-order valence-corrected chi connectivity index (χ3v) is 3.93. The van der Waals surface area contributed by atoms with Gasteiger partial charge in [0.25, 0.3) is 0 Å². The lowest BCUT2D eigenvalue weighted by atomic mass is 10.1. The molecule has 2 aromatic rings. The van der Waals surface area contributed by atoms with Crippen LogP contribution in [0.3, 0.4) is 0 Å². The van der Waals surface area contributed by atoms with Gasteiger partial charge in [0.05, 0.1) is 16.0 Å². The summed E-state index contributed by atoms with van der Waals surface area (Å²) >= 11 is 5.10. The fourth-order valence-corrected chi connectivity index (χ4v) is 2.78. The Morgan fingerprint density at radius 1 is 1.56 bits per heavy atom. The van der Waals surface area contributed by atoms with Crippen LogP contribution in [0.2, 0.25) is 0 Å². The van der Waals surface area contributed by atoms with Gasteiger partial charge >= 0.3 is 0 Å². The summed E-state index contributed by atoms with van der Waals surface area (Å²) < 4.78 is 3.05. The number of rotatable bonds is 4. The zero-order valence-electron chi connectivity index (χ0n) is 9.06. The van der Waals surface area contributed by atoms with E-state index >= 15 is 0 Å². The molecule has 2 N–H and O–H groups in total. The summed E-state index contributed by atoms with van der Waals surface area (Å²) in [6.07, 6.45) is 4.96. The molecule has 0 bridgehead atoms. The van der Waals surface area contributed by atoms with Gasteiger partial charge in [0.1, 0.15) is 0 Å². The fraction of sp³-hybridized carbons (Fsp3) is 0.364. The molecule has 0 aliphatic heterocycles. The summed E-state index contributed by atoms with van der Waals surface area (Å²) in [6.45, 7) is 3.08. The second kappa shape index (κ2) is 5.12. The van der Waals surface area contributed by atoms with Crippen LogP contribution < -0.4 is 5.73 Å². The van der Waals surface area contributed by atoms with Gasteiger partial charge in [-0.25, -0.2) is 0 Å². The Kier molecular flexibility index (Phi) is 3.78. The van der Waals surface area contributed by atoms with E-state index in [-0.39, 0.29) is 6.04 Å². The zero-order valence-corrected chi connectivity index (χ0v) is 11.5. The van der Waals surface area contributed by atoms with Gasteiger partial charge in [-0.05, 0) is 39.4 Å². The highest BCUT2D eigenvalue weighted by atomic mass is 79.9. The molecule has 1 atom stereocenters. The summed E-state index contributed by atoms with van der Waals surface area (Å²) in [4.78, 5) is 0. The van der Waals surface area contributed by atoms with Crippen LogP contribution in [-0.2, 0) is 6.54 Å². The molecule has 2 heterocycles. The standard InChI is InChI=1S/C11H14BrN3S/c1-2-3-15-6-9(5-14-15)11(13)8-4-10(12)16-7-8/h4-7,11H,2-3,13H2,1H3. The largest absolute Gasteiger partial charge is 0.320 e. The van der Waals surface area contributed by atoms with E-state index in [2.05, 4.69) is 39.4 Å². The molecular formula is C11H14BrN3S. The number of aryl methyl sites for hydroxylation is 1. The van der Waals surface area contributed by atoms with Crippen LogP contribution in [0.25, 0.3) is 0 Å². The van der Waals surface area contributed by atoms with Crippen molar-refractivity contribution in [2.45, 2.75) is 25.9 Å². The maximum Gasteiger partial charge on any atom is 0.0701 e. The van der Waals surface area contributed by atoms with Crippen LogP contribution in [-0.4, -0.2) is 9.78 Å². The molecular weight excluding hydrogens is 286 g/mol. The lowest BCUT2D eigenvalue weighted by Gasteiger charge is -2.06. The molecule has 0 saturated heterocycles. The summed E-state index contributed by atoms with van der Waals surface area (Å²) in [5.74, 6) is 0. The molecule has 0 aliphatic carbocycles. The lowest BCUT2D eigenvalue weighted by molar-refractivity contribution is 0.602. The van der Waals surface area contributed by atoms with E-state index in [0.29, 0.717) is 0 Å². The molecule has 3 nitrogen and oxygen atoms in total. The second-order valence-corrected chi connectivity index (χ2v) is 5.99. The highest BCUT2D eigenvalue weighted by molar-refractivity contribution is 9.11. The van der Waals surface area contributed by atoms with Gasteiger partial charge in [0, 0.05) is 18.3 Å². The zero-order chi connectivity index (χ0) is 11.5. The van der Waals surface area contributed by atoms with Crippen molar-refractivity contribution >= 4 is 27.3 Å². The van der Waals surface area contributed by atoms with Gasteiger partial charge < -0.3 is 5.73 Å². The van der Waals surface area contributed by atoms with E-state index in [9.17, 15) is 0 Å². The predicted molar refractivity (Wildman–Crippen MR) is 70.6 cm³/mol. The van der Waals surface area contributed by atoms with E-state index in [1.165, 1.54) is 0 Å². The molecule has 1 unspecified atom stereocenters. The average Bonchev–Trinajstić information content (AvgIpc) is 2.87. The molecule has 0 fully saturated rings. The van der Waals surface area contributed by atoms with Crippen LogP contribution in [0.5, 0.6) is 0 Å². The molecule has 2 rings (SSSR count). The molecule has 0 spiro atoms. The first-order valence-electron chi connectivity index (χ1n) is 5.22. The third kappa shape index (κ3) is 2.53. The normalized spacial score (nSPS) is 12.9. The summed E-state index contributed by atoms with van der Waals surface area (Å²) in [7, 11) is 0. The van der Waals surface area contributed by atoms with Crippen molar-refractivity contribution in [1.82, 2.24) is 9.78 Å². The molecule has 0 saturated carbocycles. The molecule has 2 aromatic heterocycles. The molecule has 5 heteroatoms. The molecule has 0 amide bonds. The lowest BCUT2D eigenvalue weighted by Crippen LogP contribution is -2.10. The number of nitrogens with zero attached hydrogens (tertiary/aromatic N) is 2. The van der Waals surface area contributed by atoms with E-state index in [4.69, 9.17) is 5.73 Å². The summed E-state index contributed by atoms with van der Waals surface area (Å²) in [6, 6.07) is 1.99. The van der Waals surface area contributed by atoms with Gasteiger partial charge in [-0.15, -0.1) is 11.3 Å². The minimum absolute atomic E-state index is 0.0758. The first kappa shape index (κ1) is 11.8. The van der Waals surface area contributed by atoms with Crippen LogP contribution >= 0.6 is 27.3 Å². The quantitative estimate of drug-likeness (QED) is 0.942. The van der Waals surface area contributed by atoms with Gasteiger partial charge in [0.15, 0.2) is 0 Å². The maximum absolute atomic E-state index is 6.17. The van der Waals surface area contributed by atoms with Crippen LogP contribution in [0.15, 0.2) is 27.6 Å². The second-order valence-electron chi connectivity index (χ2n) is 3.70. The number of halogens is 1. The van der Waals surface area contributed by atoms with Crippen LogP contribution in [0.4, 0.5) is 0 Å². The van der Waals surface area contributed by atoms with Crippen molar-refractivity contribution in [3.8, 4) is 0 Å². The molecule has 86 valence electrons. The summed E-state index contributed by atoms with van der Waals surface area (Å²) in [5.41, 5.74) is 8.37. The van der Waals surface area contributed by atoms with Crippen molar-refractivity contribution in [3.05, 3.63) is 38.8 Å². The minimum Gasteiger partial charge on any atom is -0.320 e. The first-order chi connectivity index (χ1) is 7.70. The van der Waals surface area contributed by atoms with Gasteiger partial charge in [0.2, 0.25) is 0 Å². The van der Waals surface area contributed by atoms with Crippen molar-refractivity contribution < 1.29 is 0 Å². The number of hydrogen-bond donors (Lipinski definition) is 1. The Bertz CT molecular complexity index is 463. The monoisotopic (exact) mass is 299 g/mol. The molecule has 16 heavy (non-hydrogen) atoms. The molecule has 0 aromatic carbocycles. The molecule has 0 aliphatic rings. The van der Waals surface area contributed by atoms with E-state index in [1.54, 1.807) is 11.3 Å². The van der Waals surface area contributed by atoms with Crippen LogP contribution in [0.1, 0.15) is 30.5 Å². The minimum atomic E-state index is -0.0758. The Balaban J connectivity index is 2.17. The van der Waals surface area contributed by atoms with Crippen molar-refractivity contribution in [1.29, 1.82) is 0 Å². The van der Waals surface area contributed by atoms with E-state index < -0.39 is 0 Å². The number of hydrogen-bond acceptors (Lipinski definition) is 3. The van der Waals surface area contributed by atoms with E-state index in [0.717, 1.165) is 27.9 Å². The number of nitrogens with two attached hydrogens (primary N) is 1. The topological polar surface area (TPSA) is 43.8 Å². The number of aromatic nitrogens is 2. The Labute approximate surface area is 107 Å². The highest BCUT2D eigenvalue weighted by Gasteiger charge is 2.12. The Morgan fingerprint density at radius 3 is 3.00 bits per heavy atom. The Hall–Kier alpha value is -0.650. The van der Waals surface area contributed by atoms with Gasteiger partial charge in [-0.2, -0.15) is 5.10 Å². The third-order valence-electron chi connectivity index (χ3n) is 2.41. The SMILES string of the molecule is CCCn1cc(C(N)c2csc(Br)c2)cn1. The fourth-order valence-electron chi connectivity index (χ4n) is 1.57.